The van der Waals surface area contributed by atoms with Gasteiger partial charge in [0, 0.05) is 17.9 Å². The molecule has 172 valence electrons. The number of aromatic hydroxyl groups is 1. The first kappa shape index (κ1) is 22.3. The predicted molar refractivity (Wildman–Crippen MR) is 111 cm³/mol. The first-order valence-electron chi connectivity index (χ1n) is 10.1. The fourth-order valence-corrected chi connectivity index (χ4v) is 5.70. The Labute approximate surface area is 183 Å². The predicted octanol–water partition coefficient (Wildman–Crippen LogP) is -0.579. The number of fused-ring (bicyclic) bond motifs is 3. The second kappa shape index (κ2) is 6.79. The number of aliphatic hydroxyl groups is 5. The summed E-state index contributed by atoms with van der Waals surface area (Å²) in [6.45, 7) is 1.33. The number of Topliss-reactive ketones (excluding diaryl/α,β-unsaturated/α-hetero) is 1. The Morgan fingerprint density at radius 1 is 1.19 bits per heavy atom. The number of nitrogens with two attached hydrogens (primary N) is 1. The molecule has 1 aromatic rings. The third-order valence-electron chi connectivity index (χ3n) is 7.12. The number of rotatable bonds is 2. The van der Waals surface area contributed by atoms with E-state index in [9.17, 15) is 40.2 Å². The summed E-state index contributed by atoms with van der Waals surface area (Å²) in [7, 11) is 3.05. The molecule has 1 saturated carbocycles. The van der Waals surface area contributed by atoms with Crippen LogP contribution in [0.15, 0.2) is 35.1 Å². The average molecular weight is 446 g/mol. The zero-order valence-electron chi connectivity index (χ0n) is 17.8. The lowest BCUT2D eigenvalue weighted by atomic mass is 9.53. The van der Waals surface area contributed by atoms with Crippen LogP contribution in [0.5, 0.6) is 5.75 Å². The number of phenols is 1. The molecule has 1 amide bonds. The Hall–Kier alpha value is -2.92. The van der Waals surface area contributed by atoms with E-state index in [-0.39, 0.29) is 16.7 Å². The van der Waals surface area contributed by atoms with E-state index < -0.39 is 76.1 Å². The molecule has 3 aliphatic carbocycles. The minimum atomic E-state index is -2.41. The zero-order valence-corrected chi connectivity index (χ0v) is 17.8. The minimum Gasteiger partial charge on any atom is -0.510 e. The van der Waals surface area contributed by atoms with Crippen LogP contribution in [0, 0.1) is 11.8 Å². The fraction of sp³-hybridized carbons (Fsp3) is 0.455. The van der Waals surface area contributed by atoms with Gasteiger partial charge >= 0.3 is 0 Å². The minimum absolute atomic E-state index is 0.0934. The van der Waals surface area contributed by atoms with E-state index in [4.69, 9.17) is 5.73 Å². The van der Waals surface area contributed by atoms with Crippen LogP contribution >= 0.6 is 0 Å². The number of benzene rings is 1. The summed E-state index contributed by atoms with van der Waals surface area (Å²) in [6.07, 6.45) is -2.32. The number of phenolic OH excluding ortho intramolecular Hbond substituents is 1. The second-order valence-corrected chi connectivity index (χ2v) is 9.17. The van der Waals surface area contributed by atoms with Crippen LogP contribution < -0.4 is 5.73 Å². The molecule has 0 aliphatic heterocycles. The number of aliphatic hydroxyl groups excluding tert-OH is 3. The molecule has 1 aromatic carbocycles. The van der Waals surface area contributed by atoms with Crippen molar-refractivity contribution >= 4 is 17.4 Å². The normalized spacial score (nSPS) is 36.7. The summed E-state index contributed by atoms with van der Waals surface area (Å²) in [5.41, 5.74) is 0.117. The highest BCUT2D eigenvalue weighted by Crippen LogP contribution is 2.57. The summed E-state index contributed by atoms with van der Waals surface area (Å²) >= 11 is 0. The molecule has 0 spiro atoms. The third kappa shape index (κ3) is 2.61. The molecule has 10 heteroatoms. The standard InChI is InChI=1S/C22H26N2O8/c1-21(31)9-5-4-6-10(25)11(9)17(27)12-13(21)18(28)14-15(24(2)3)16(26)8(20(23)30)7-22(14,32)19(12)29/h4-6,13-15,18,25-28,31-32H,7H2,1-3H3,(H2,23,30)/t13?,14-,15+,18?,21-,22+/m1/s1. The van der Waals surface area contributed by atoms with Crippen molar-refractivity contribution in [3.05, 3.63) is 46.2 Å². The van der Waals surface area contributed by atoms with Gasteiger partial charge in [0.2, 0.25) is 5.91 Å². The Kier molecular flexibility index (Phi) is 4.73. The molecule has 2 unspecified atom stereocenters. The quantitative estimate of drug-likeness (QED) is 0.312. The topological polar surface area (TPSA) is 185 Å². The molecule has 0 bridgehead atoms. The van der Waals surface area contributed by atoms with Gasteiger partial charge in [-0.1, -0.05) is 12.1 Å². The van der Waals surface area contributed by atoms with Gasteiger partial charge in [0.05, 0.1) is 34.8 Å². The van der Waals surface area contributed by atoms with Crippen molar-refractivity contribution in [1.82, 2.24) is 4.90 Å². The lowest BCUT2D eigenvalue weighted by Crippen LogP contribution is -2.69. The van der Waals surface area contributed by atoms with Crippen LogP contribution in [0.1, 0.15) is 24.5 Å². The van der Waals surface area contributed by atoms with E-state index in [1.165, 1.54) is 44.1 Å². The third-order valence-corrected chi connectivity index (χ3v) is 7.12. The van der Waals surface area contributed by atoms with E-state index in [1.807, 2.05) is 0 Å². The largest absolute Gasteiger partial charge is 0.510 e. The first-order chi connectivity index (χ1) is 14.8. The summed E-state index contributed by atoms with van der Waals surface area (Å²) in [6, 6.07) is 2.99. The van der Waals surface area contributed by atoms with Gasteiger partial charge < -0.3 is 36.4 Å². The number of amides is 1. The van der Waals surface area contributed by atoms with E-state index in [0.717, 1.165) is 0 Å². The van der Waals surface area contributed by atoms with Crippen LogP contribution in [0.2, 0.25) is 0 Å². The molecule has 4 rings (SSSR count). The van der Waals surface area contributed by atoms with Gasteiger partial charge in [0.1, 0.15) is 22.9 Å². The number of nitrogens with zero attached hydrogens (tertiary/aromatic N) is 1. The zero-order chi connectivity index (χ0) is 23.9. The lowest BCUT2D eigenvalue weighted by Gasteiger charge is -2.56. The highest BCUT2D eigenvalue weighted by Gasteiger charge is 2.67. The maximum atomic E-state index is 13.7. The monoisotopic (exact) mass is 446 g/mol. The van der Waals surface area contributed by atoms with Crippen LogP contribution in [-0.4, -0.2) is 79.1 Å². The molecule has 0 heterocycles. The van der Waals surface area contributed by atoms with E-state index >= 15 is 0 Å². The van der Waals surface area contributed by atoms with E-state index in [2.05, 4.69) is 0 Å². The number of carbonyl (C=O) groups excluding carboxylic acids is 2. The van der Waals surface area contributed by atoms with Crippen molar-refractivity contribution in [1.29, 1.82) is 0 Å². The molecule has 0 radical (unpaired) electrons. The Morgan fingerprint density at radius 2 is 1.81 bits per heavy atom. The highest BCUT2D eigenvalue weighted by atomic mass is 16.3. The summed E-state index contributed by atoms with van der Waals surface area (Å²) in [5, 5.41) is 66.5. The van der Waals surface area contributed by atoms with Gasteiger partial charge in [-0.05, 0) is 32.6 Å². The SMILES string of the molecule is CN(C)[C@@H]1C(O)=C(C(N)=O)C[C@@]2(O)C(=O)C3=C(O)c4c(O)cccc4[C@@](C)(O)C3C(O)[C@@H]12. The van der Waals surface area contributed by atoms with Crippen LogP contribution in [0.25, 0.3) is 5.76 Å². The number of carbonyl (C=O) groups is 2. The highest BCUT2D eigenvalue weighted by molar-refractivity contribution is 6.11. The van der Waals surface area contributed by atoms with Gasteiger partial charge in [-0.2, -0.15) is 0 Å². The van der Waals surface area contributed by atoms with Crippen molar-refractivity contribution in [2.75, 3.05) is 14.1 Å². The average Bonchev–Trinajstić information content (AvgIpc) is 2.69. The molecule has 0 aromatic heterocycles. The first-order valence-corrected chi connectivity index (χ1v) is 10.1. The maximum Gasteiger partial charge on any atom is 0.248 e. The molecule has 1 fully saturated rings. The lowest BCUT2D eigenvalue weighted by molar-refractivity contribution is -0.181. The van der Waals surface area contributed by atoms with Gasteiger partial charge in [-0.25, -0.2) is 0 Å². The van der Waals surface area contributed by atoms with E-state index in [1.54, 1.807) is 0 Å². The van der Waals surface area contributed by atoms with Crippen LogP contribution in [-0.2, 0) is 15.2 Å². The smallest absolute Gasteiger partial charge is 0.248 e. The Bertz CT molecular complexity index is 1110. The maximum absolute atomic E-state index is 13.7. The molecule has 10 nitrogen and oxygen atoms in total. The molecule has 0 saturated heterocycles. The van der Waals surface area contributed by atoms with Crippen molar-refractivity contribution < 1.29 is 40.2 Å². The van der Waals surface area contributed by atoms with Crippen molar-refractivity contribution in [3.63, 3.8) is 0 Å². The van der Waals surface area contributed by atoms with Gasteiger partial charge in [0.15, 0.2) is 5.78 Å². The number of ketones is 1. The molecule has 3 aliphatic rings. The molecular formula is C22H26N2O8. The summed E-state index contributed by atoms with van der Waals surface area (Å²) in [4.78, 5) is 27.1. The van der Waals surface area contributed by atoms with Gasteiger partial charge in [0.25, 0.3) is 0 Å². The summed E-state index contributed by atoms with van der Waals surface area (Å²) in [5.74, 6) is -6.36. The van der Waals surface area contributed by atoms with Gasteiger partial charge in [-0.3, -0.25) is 14.5 Å². The molecule has 32 heavy (non-hydrogen) atoms. The van der Waals surface area contributed by atoms with Gasteiger partial charge in [-0.15, -0.1) is 0 Å². The molecular weight excluding hydrogens is 420 g/mol. The number of hydrogen-bond donors (Lipinski definition) is 7. The number of primary amides is 1. The number of likely N-dealkylation sites (N-methyl/N-ethyl adjacent to an activating group) is 1. The second-order valence-electron chi connectivity index (χ2n) is 9.17. The van der Waals surface area contributed by atoms with Crippen molar-refractivity contribution in [3.8, 4) is 5.75 Å². The number of hydrogen-bond acceptors (Lipinski definition) is 9. The fourth-order valence-electron chi connectivity index (χ4n) is 5.70. The van der Waals surface area contributed by atoms with Crippen LogP contribution in [0.4, 0.5) is 0 Å². The Morgan fingerprint density at radius 3 is 2.38 bits per heavy atom. The molecule has 8 N–H and O–H groups in total. The summed E-state index contributed by atoms with van der Waals surface area (Å²) < 4.78 is 0. The van der Waals surface area contributed by atoms with Crippen molar-refractivity contribution in [2.45, 2.75) is 36.7 Å². The van der Waals surface area contributed by atoms with Crippen LogP contribution in [0.3, 0.4) is 0 Å². The molecule has 6 atom stereocenters. The van der Waals surface area contributed by atoms with Crippen molar-refractivity contribution in [2.24, 2.45) is 17.6 Å². The Balaban J connectivity index is 2.03. The van der Waals surface area contributed by atoms with E-state index in [0.29, 0.717) is 0 Å².